The van der Waals surface area contributed by atoms with Gasteiger partial charge in [-0.3, -0.25) is 4.79 Å². The van der Waals surface area contributed by atoms with E-state index in [1.165, 1.54) is 4.90 Å². The van der Waals surface area contributed by atoms with Crippen molar-refractivity contribution in [3.05, 3.63) is 65.5 Å². The molecule has 0 radical (unpaired) electrons. The number of para-hydroxylation sites is 1. The quantitative estimate of drug-likeness (QED) is 0.597. The van der Waals surface area contributed by atoms with Crippen molar-refractivity contribution in [3.63, 3.8) is 0 Å². The van der Waals surface area contributed by atoms with Crippen molar-refractivity contribution in [1.29, 1.82) is 0 Å². The highest BCUT2D eigenvalue weighted by molar-refractivity contribution is 5.77. The number of alkyl halides is 3. The van der Waals surface area contributed by atoms with Crippen molar-refractivity contribution in [2.45, 2.75) is 32.5 Å². The van der Waals surface area contributed by atoms with E-state index < -0.39 is 17.6 Å². The van der Waals surface area contributed by atoms with Crippen LogP contribution in [0.4, 0.5) is 17.6 Å². The van der Waals surface area contributed by atoms with Gasteiger partial charge in [0.1, 0.15) is 11.6 Å². The smallest absolute Gasteiger partial charge is 0.416 e. The third-order valence-electron chi connectivity index (χ3n) is 3.98. The minimum Gasteiger partial charge on any atom is -0.484 e. The summed E-state index contributed by atoms with van der Waals surface area (Å²) >= 11 is 0. The first-order chi connectivity index (χ1) is 12.8. The first-order valence-corrected chi connectivity index (χ1v) is 8.62. The van der Waals surface area contributed by atoms with Gasteiger partial charge in [-0.25, -0.2) is 4.39 Å². The van der Waals surface area contributed by atoms with Crippen LogP contribution in [0, 0.1) is 5.82 Å². The van der Waals surface area contributed by atoms with Gasteiger partial charge < -0.3 is 9.64 Å². The highest BCUT2D eigenvalue weighted by Gasteiger charge is 2.31. The maximum atomic E-state index is 14.1. The molecule has 0 aromatic heterocycles. The Balaban J connectivity index is 2.08. The first-order valence-electron chi connectivity index (χ1n) is 8.62. The molecular weight excluding hydrogens is 362 g/mol. The zero-order valence-corrected chi connectivity index (χ0v) is 14.9. The Bertz CT molecular complexity index is 747. The normalized spacial score (nSPS) is 11.3. The van der Waals surface area contributed by atoms with Crippen molar-refractivity contribution >= 4 is 5.91 Å². The van der Waals surface area contributed by atoms with E-state index >= 15 is 0 Å². The second-order valence-corrected chi connectivity index (χ2v) is 6.07. The van der Waals surface area contributed by atoms with Gasteiger partial charge in [0.15, 0.2) is 6.61 Å². The molecule has 2 aromatic rings. The average Bonchev–Trinajstić information content (AvgIpc) is 2.64. The Morgan fingerprint density at radius 3 is 2.41 bits per heavy atom. The second-order valence-electron chi connectivity index (χ2n) is 6.07. The molecule has 0 unspecified atom stereocenters. The van der Waals surface area contributed by atoms with E-state index in [1.54, 1.807) is 24.3 Å². The fourth-order valence-corrected chi connectivity index (χ4v) is 2.45. The molecule has 0 saturated carbocycles. The Hall–Kier alpha value is -2.57. The van der Waals surface area contributed by atoms with E-state index in [4.69, 9.17) is 4.74 Å². The van der Waals surface area contributed by atoms with Gasteiger partial charge in [0.2, 0.25) is 0 Å². The molecule has 3 nitrogen and oxygen atoms in total. The van der Waals surface area contributed by atoms with Gasteiger partial charge in [0.05, 0.1) is 5.56 Å². The molecule has 0 spiro atoms. The molecule has 0 saturated heterocycles. The molecule has 0 aliphatic carbocycles. The number of hydrogen-bond donors (Lipinski definition) is 0. The van der Waals surface area contributed by atoms with Gasteiger partial charge in [-0.15, -0.1) is 0 Å². The Morgan fingerprint density at radius 2 is 1.81 bits per heavy atom. The summed E-state index contributed by atoms with van der Waals surface area (Å²) in [4.78, 5) is 13.9. The molecule has 0 bridgehead atoms. The number of ether oxygens (including phenoxy) is 1. The molecular formula is C20H21F4NO2. The number of rotatable bonds is 8. The summed E-state index contributed by atoms with van der Waals surface area (Å²) in [6.45, 7) is 1.98. The summed E-state index contributed by atoms with van der Waals surface area (Å²) in [7, 11) is 0. The highest BCUT2D eigenvalue weighted by Crippen LogP contribution is 2.30. The third-order valence-corrected chi connectivity index (χ3v) is 3.98. The Morgan fingerprint density at radius 1 is 1.11 bits per heavy atom. The molecule has 27 heavy (non-hydrogen) atoms. The molecule has 0 aliphatic rings. The number of carbonyl (C=O) groups excluding carboxylic acids is 1. The standard InChI is InChI=1S/C20H21F4NO2/c1-2-3-11-25(19(26)14-27-17-7-5-4-6-8-17)13-15-9-10-16(12-18(15)21)20(22,23)24/h4-10,12H,2-3,11,13-14H2,1H3. The SMILES string of the molecule is CCCCN(Cc1ccc(C(F)(F)F)cc1F)C(=O)COc1ccccc1. The van der Waals surface area contributed by atoms with Crippen LogP contribution in [-0.4, -0.2) is 24.0 Å². The van der Waals surface area contributed by atoms with E-state index in [0.717, 1.165) is 18.6 Å². The second kappa shape index (κ2) is 9.39. The number of amides is 1. The molecule has 0 N–H and O–H groups in total. The van der Waals surface area contributed by atoms with Gasteiger partial charge in [0.25, 0.3) is 5.91 Å². The van der Waals surface area contributed by atoms with Crippen molar-refractivity contribution < 1.29 is 27.1 Å². The molecule has 0 atom stereocenters. The summed E-state index contributed by atoms with van der Waals surface area (Å²) in [5.41, 5.74) is -1.02. The van der Waals surface area contributed by atoms with Gasteiger partial charge in [0, 0.05) is 18.7 Å². The van der Waals surface area contributed by atoms with Crippen molar-refractivity contribution in [2.24, 2.45) is 0 Å². The van der Waals surface area contributed by atoms with E-state index in [2.05, 4.69) is 0 Å². The number of nitrogens with zero attached hydrogens (tertiary/aromatic N) is 1. The van der Waals surface area contributed by atoms with Crippen molar-refractivity contribution in [3.8, 4) is 5.75 Å². The van der Waals surface area contributed by atoms with E-state index in [1.807, 2.05) is 13.0 Å². The molecule has 146 valence electrons. The first kappa shape index (κ1) is 20.7. The van der Waals surface area contributed by atoms with E-state index in [0.29, 0.717) is 24.8 Å². The number of unbranched alkanes of at least 4 members (excludes halogenated alkanes) is 1. The maximum absolute atomic E-state index is 14.1. The fourth-order valence-electron chi connectivity index (χ4n) is 2.45. The fraction of sp³-hybridized carbons (Fsp3) is 0.350. The van der Waals surface area contributed by atoms with Crippen LogP contribution in [0.25, 0.3) is 0 Å². The molecule has 1 amide bonds. The Kier molecular flexibility index (Phi) is 7.21. The van der Waals surface area contributed by atoms with Crippen LogP contribution in [-0.2, 0) is 17.5 Å². The molecule has 0 heterocycles. The minimum absolute atomic E-state index is 0.0344. The Labute approximate surface area is 155 Å². The van der Waals surface area contributed by atoms with Crippen LogP contribution < -0.4 is 4.74 Å². The zero-order valence-electron chi connectivity index (χ0n) is 14.9. The summed E-state index contributed by atoms with van der Waals surface area (Å²) in [6.07, 6.45) is -3.10. The molecule has 2 rings (SSSR count). The molecule has 0 aliphatic heterocycles. The number of hydrogen-bond acceptors (Lipinski definition) is 2. The summed E-state index contributed by atoms with van der Waals surface area (Å²) in [6, 6.07) is 11.1. The van der Waals surface area contributed by atoms with Crippen LogP contribution in [0.5, 0.6) is 5.75 Å². The summed E-state index contributed by atoms with van der Waals surface area (Å²) in [5, 5.41) is 0. The van der Waals surface area contributed by atoms with Gasteiger partial charge >= 0.3 is 6.18 Å². The lowest BCUT2D eigenvalue weighted by Crippen LogP contribution is -2.35. The zero-order chi connectivity index (χ0) is 19.9. The topological polar surface area (TPSA) is 29.5 Å². The van der Waals surface area contributed by atoms with Crippen molar-refractivity contribution in [2.75, 3.05) is 13.2 Å². The summed E-state index contributed by atoms with van der Waals surface area (Å²) in [5.74, 6) is -0.809. The van der Waals surface area contributed by atoms with E-state index in [9.17, 15) is 22.4 Å². The number of halogens is 4. The van der Waals surface area contributed by atoms with Crippen LogP contribution in [0.2, 0.25) is 0 Å². The predicted molar refractivity (Wildman–Crippen MR) is 93.7 cm³/mol. The van der Waals surface area contributed by atoms with Crippen LogP contribution in [0.1, 0.15) is 30.9 Å². The van der Waals surface area contributed by atoms with Crippen molar-refractivity contribution in [1.82, 2.24) is 4.90 Å². The maximum Gasteiger partial charge on any atom is 0.416 e. The number of carbonyl (C=O) groups is 1. The highest BCUT2D eigenvalue weighted by atomic mass is 19.4. The largest absolute Gasteiger partial charge is 0.484 e. The monoisotopic (exact) mass is 383 g/mol. The van der Waals surface area contributed by atoms with Crippen LogP contribution in [0.3, 0.4) is 0 Å². The van der Waals surface area contributed by atoms with Gasteiger partial charge in [-0.1, -0.05) is 37.6 Å². The van der Waals surface area contributed by atoms with E-state index in [-0.39, 0.29) is 24.6 Å². The lowest BCUT2D eigenvalue weighted by Gasteiger charge is -2.23. The molecule has 7 heteroatoms. The lowest BCUT2D eigenvalue weighted by atomic mass is 10.1. The lowest BCUT2D eigenvalue weighted by molar-refractivity contribution is -0.138. The minimum atomic E-state index is -4.61. The average molecular weight is 383 g/mol. The number of benzene rings is 2. The molecule has 0 fully saturated rings. The third kappa shape index (κ3) is 6.27. The summed E-state index contributed by atoms with van der Waals surface area (Å²) < 4.78 is 57.5. The van der Waals surface area contributed by atoms with Crippen LogP contribution in [0.15, 0.2) is 48.5 Å². The molecule has 2 aromatic carbocycles. The van der Waals surface area contributed by atoms with Gasteiger partial charge in [-0.05, 0) is 30.7 Å². The van der Waals surface area contributed by atoms with Gasteiger partial charge in [-0.2, -0.15) is 13.2 Å². The predicted octanol–water partition coefficient (Wildman–Crippen LogP) is 5.05. The van der Waals surface area contributed by atoms with Crippen LogP contribution >= 0.6 is 0 Å².